The first-order chi connectivity index (χ1) is 19.8. The van der Waals surface area contributed by atoms with Gasteiger partial charge in [-0.25, -0.2) is 14.0 Å². The Hall–Kier alpha value is -3.51. The van der Waals surface area contributed by atoms with Gasteiger partial charge in [-0.3, -0.25) is 0 Å². The first-order valence-electron chi connectivity index (χ1n) is 13.7. The summed E-state index contributed by atoms with van der Waals surface area (Å²) in [5, 5.41) is 0. The molecule has 6 nitrogen and oxygen atoms in total. The number of amides is 2. The van der Waals surface area contributed by atoms with Crippen molar-refractivity contribution in [1.29, 1.82) is 0 Å². The number of benzene rings is 2. The van der Waals surface area contributed by atoms with E-state index in [0.29, 0.717) is 18.6 Å². The summed E-state index contributed by atoms with van der Waals surface area (Å²) in [6.45, 7) is 6.23. The molecule has 3 atom stereocenters. The lowest BCUT2D eigenvalue weighted by Gasteiger charge is -2.47. The quantitative estimate of drug-likeness (QED) is 0.306. The summed E-state index contributed by atoms with van der Waals surface area (Å²) in [7, 11) is 1.05. The average molecular weight is 621 g/mol. The number of hydrogen-bond acceptors (Lipinski definition) is 4. The third kappa shape index (κ3) is 8.76. The molecule has 0 aromatic heterocycles. The number of rotatable bonds is 6. The Kier molecular flexibility index (Phi) is 10.3. The predicted molar refractivity (Wildman–Crippen MR) is 143 cm³/mol. The standard InChI is InChI=1S/C30H35F7N2O4/c1-6-22-15-23(16-24(13-19-9-7-8-10-25(19)31)39(22)27(41)43-28(2,3)4)38(26(40)42-5)17-18-11-20(29(32,33)34)14-21(12-18)30(35,36)37/h7-12,14,22-24H,6,13,15-17H2,1-5H3/t22-,23+,24+/m1/s1. The Balaban J connectivity index is 2.06. The second kappa shape index (κ2) is 13.0. The number of carbonyl (C=O) groups excluding carboxylic acids is 2. The van der Waals surface area contributed by atoms with Crippen LogP contribution in [0.15, 0.2) is 42.5 Å². The van der Waals surface area contributed by atoms with E-state index in [1.54, 1.807) is 39.8 Å². The zero-order valence-corrected chi connectivity index (χ0v) is 24.5. The molecule has 0 aliphatic carbocycles. The number of methoxy groups -OCH3 is 1. The lowest BCUT2D eigenvalue weighted by atomic mass is 9.86. The van der Waals surface area contributed by atoms with Crippen LogP contribution in [0.3, 0.4) is 0 Å². The molecule has 13 heteroatoms. The van der Waals surface area contributed by atoms with Crippen LogP contribution in [0, 0.1) is 5.82 Å². The van der Waals surface area contributed by atoms with Crippen molar-refractivity contribution in [2.24, 2.45) is 0 Å². The minimum atomic E-state index is -5.07. The van der Waals surface area contributed by atoms with Gasteiger partial charge in [-0.1, -0.05) is 25.1 Å². The van der Waals surface area contributed by atoms with E-state index in [4.69, 9.17) is 9.47 Å². The Labute approximate surface area is 245 Å². The molecule has 0 unspecified atom stereocenters. The average Bonchev–Trinajstić information content (AvgIpc) is 2.90. The molecule has 0 bridgehead atoms. The molecule has 1 fully saturated rings. The molecule has 1 aliphatic rings. The number of hydrogen-bond donors (Lipinski definition) is 0. The van der Waals surface area contributed by atoms with Gasteiger partial charge in [-0.05, 0) is 81.8 Å². The molecule has 0 spiro atoms. The van der Waals surface area contributed by atoms with E-state index in [1.165, 1.54) is 17.0 Å². The van der Waals surface area contributed by atoms with Crippen LogP contribution in [-0.2, 0) is 34.8 Å². The van der Waals surface area contributed by atoms with E-state index in [1.807, 2.05) is 0 Å². The fourth-order valence-electron chi connectivity index (χ4n) is 5.35. The largest absolute Gasteiger partial charge is 0.453 e. The molecule has 43 heavy (non-hydrogen) atoms. The van der Waals surface area contributed by atoms with E-state index in [9.17, 15) is 40.3 Å². The Morgan fingerprint density at radius 2 is 1.49 bits per heavy atom. The maximum Gasteiger partial charge on any atom is 0.416 e. The number of nitrogens with zero attached hydrogens (tertiary/aromatic N) is 2. The molecular formula is C30H35F7N2O4. The SMILES string of the molecule is CC[C@@H]1C[C@H](N(Cc2cc(C(F)(F)F)cc(C(F)(F)F)c2)C(=O)OC)C[C@H](Cc2ccccc2F)N1C(=O)OC(C)(C)C. The summed E-state index contributed by atoms with van der Waals surface area (Å²) in [6, 6.07) is 5.03. The molecular weight excluding hydrogens is 585 g/mol. The van der Waals surface area contributed by atoms with Crippen molar-refractivity contribution in [1.82, 2.24) is 9.80 Å². The van der Waals surface area contributed by atoms with Crippen LogP contribution in [0.4, 0.5) is 40.3 Å². The van der Waals surface area contributed by atoms with Crippen molar-refractivity contribution < 1.29 is 49.8 Å². The monoisotopic (exact) mass is 620 g/mol. The third-order valence-electron chi connectivity index (χ3n) is 7.21. The van der Waals surface area contributed by atoms with E-state index in [2.05, 4.69) is 0 Å². The Morgan fingerprint density at radius 3 is 1.98 bits per heavy atom. The van der Waals surface area contributed by atoms with Gasteiger partial charge < -0.3 is 19.3 Å². The molecule has 1 aliphatic heterocycles. The number of carbonyl (C=O) groups is 2. The van der Waals surface area contributed by atoms with Crippen LogP contribution in [-0.4, -0.2) is 52.8 Å². The number of ether oxygens (including phenoxy) is 2. The summed E-state index contributed by atoms with van der Waals surface area (Å²) in [5.74, 6) is -0.518. The normalized spacial score (nSPS) is 19.6. The van der Waals surface area contributed by atoms with Crippen LogP contribution < -0.4 is 0 Å². The highest BCUT2D eigenvalue weighted by Gasteiger charge is 2.43. The maximum atomic E-state index is 14.7. The lowest BCUT2D eigenvalue weighted by molar-refractivity contribution is -0.143. The topological polar surface area (TPSA) is 59.1 Å². The van der Waals surface area contributed by atoms with Crippen molar-refractivity contribution in [2.75, 3.05) is 7.11 Å². The maximum absolute atomic E-state index is 14.7. The molecule has 1 saturated heterocycles. The molecule has 238 valence electrons. The summed E-state index contributed by atoms with van der Waals surface area (Å²) < 4.78 is 106. The zero-order chi connectivity index (χ0) is 32.3. The van der Waals surface area contributed by atoms with E-state index < -0.39 is 77.3 Å². The Morgan fingerprint density at radius 1 is 0.930 bits per heavy atom. The van der Waals surface area contributed by atoms with Gasteiger partial charge in [0.1, 0.15) is 11.4 Å². The minimum absolute atomic E-state index is 0.0167. The third-order valence-corrected chi connectivity index (χ3v) is 7.21. The van der Waals surface area contributed by atoms with E-state index in [0.717, 1.165) is 12.0 Å². The van der Waals surface area contributed by atoms with Crippen molar-refractivity contribution in [3.8, 4) is 0 Å². The van der Waals surface area contributed by atoms with Gasteiger partial charge in [0, 0.05) is 24.7 Å². The molecule has 2 aromatic rings. The number of halogens is 7. The highest BCUT2D eigenvalue weighted by molar-refractivity contribution is 5.70. The number of likely N-dealkylation sites (tertiary alicyclic amines) is 1. The smallest absolute Gasteiger partial charge is 0.416 e. The first-order valence-corrected chi connectivity index (χ1v) is 13.7. The highest BCUT2D eigenvalue weighted by Crippen LogP contribution is 2.38. The second-order valence-electron chi connectivity index (χ2n) is 11.5. The predicted octanol–water partition coefficient (Wildman–Crippen LogP) is 8.22. The zero-order valence-electron chi connectivity index (χ0n) is 24.5. The van der Waals surface area contributed by atoms with Gasteiger partial charge in [0.15, 0.2) is 0 Å². The van der Waals surface area contributed by atoms with Crippen molar-refractivity contribution in [3.63, 3.8) is 0 Å². The molecule has 2 aromatic carbocycles. The van der Waals surface area contributed by atoms with Crippen LogP contribution in [0.5, 0.6) is 0 Å². The summed E-state index contributed by atoms with van der Waals surface area (Å²) in [4.78, 5) is 28.9. The molecule has 2 amide bonds. The van der Waals surface area contributed by atoms with Crippen molar-refractivity contribution in [3.05, 3.63) is 70.5 Å². The molecule has 1 heterocycles. The van der Waals surface area contributed by atoms with Gasteiger partial charge in [-0.15, -0.1) is 0 Å². The second-order valence-corrected chi connectivity index (χ2v) is 11.5. The van der Waals surface area contributed by atoms with Gasteiger partial charge in [-0.2, -0.15) is 26.3 Å². The summed E-state index contributed by atoms with van der Waals surface area (Å²) in [6.07, 6.45) is -11.2. The van der Waals surface area contributed by atoms with Crippen LogP contribution in [0.25, 0.3) is 0 Å². The van der Waals surface area contributed by atoms with Crippen molar-refractivity contribution in [2.45, 2.75) is 96.0 Å². The first kappa shape index (κ1) is 34.0. The van der Waals surface area contributed by atoms with Crippen LogP contribution in [0.1, 0.15) is 69.2 Å². The lowest BCUT2D eigenvalue weighted by Crippen LogP contribution is -2.58. The van der Waals surface area contributed by atoms with Gasteiger partial charge in [0.25, 0.3) is 0 Å². The van der Waals surface area contributed by atoms with Crippen LogP contribution in [0.2, 0.25) is 0 Å². The van der Waals surface area contributed by atoms with E-state index >= 15 is 0 Å². The molecule has 0 radical (unpaired) electrons. The van der Waals surface area contributed by atoms with Gasteiger partial charge in [0.2, 0.25) is 0 Å². The highest BCUT2D eigenvalue weighted by atomic mass is 19.4. The molecule has 0 N–H and O–H groups in total. The number of piperidine rings is 1. The fourth-order valence-corrected chi connectivity index (χ4v) is 5.35. The van der Waals surface area contributed by atoms with Gasteiger partial charge in [0.05, 0.1) is 18.2 Å². The van der Waals surface area contributed by atoms with E-state index in [-0.39, 0.29) is 30.9 Å². The minimum Gasteiger partial charge on any atom is -0.453 e. The number of alkyl halides is 6. The summed E-state index contributed by atoms with van der Waals surface area (Å²) >= 11 is 0. The Bertz CT molecular complexity index is 1260. The van der Waals surface area contributed by atoms with Crippen LogP contribution >= 0.6 is 0 Å². The summed E-state index contributed by atoms with van der Waals surface area (Å²) in [5.41, 5.74) is -3.99. The van der Waals surface area contributed by atoms with Gasteiger partial charge >= 0.3 is 24.5 Å². The molecule has 3 rings (SSSR count). The molecule has 0 saturated carbocycles. The fraction of sp³-hybridized carbons (Fsp3) is 0.533. The van der Waals surface area contributed by atoms with Crippen molar-refractivity contribution >= 4 is 12.2 Å².